The zero-order valence-electron chi connectivity index (χ0n) is 7.70. The fourth-order valence-corrected chi connectivity index (χ4v) is 1.63. The van der Waals surface area contributed by atoms with Gasteiger partial charge in [0.1, 0.15) is 12.1 Å². The number of rotatable bonds is 1. The van der Waals surface area contributed by atoms with Crippen LogP contribution in [0.5, 0.6) is 0 Å². The van der Waals surface area contributed by atoms with Crippen LogP contribution in [0.2, 0.25) is 0 Å². The summed E-state index contributed by atoms with van der Waals surface area (Å²) in [5.74, 6) is 1.23. The SMILES string of the molecule is CCC1C=Cc2ncnc(N)c2C1. The molecule has 1 aliphatic carbocycles. The maximum Gasteiger partial charge on any atom is 0.130 e. The number of anilines is 1. The average Bonchev–Trinajstić information content (AvgIpc) is 2.18. The van der Waals surface area contributed by atoms with Crippen LogP contribution in [-0.2, 0) is 6.42 Å². The molecule has 0 aliphatic heterocycles. The van der Waals surface area contributed by atoms with Gasteiger partial charge in [-0.15, -0.1) is 0 Å². The van der Waals surface area contributed by atoms with E-state index in [1.54, 1.807) is 0 Å². The molecule has 0 saturated heterocycles. The van der Waals surface area contributed by atoms with Crippen molar-refractivity contribution in [3.63, 3.8) is 0 Å². The number of aromatic nitrogens is 2. The summed E-state index contributed by atoms with van der Waals surface area (Å²) in [6.45, 7) is 2.18. The Balaban J connectivity index is 2.41. The summed E-state index contributed by atoms with van der Waals surface area (Å²) in [7, 11) is 0. The van der Waals surface area contributed by atoms with Crippen LogP contribution in [0.25, 0.3) is 6.08 Å². The lowest BCUT2D eigenvalue weighted by atomic mass is 9.91. The van der Waals surface area contributed by atoms with Gasteiger partial charge in [-0.3, -0.25) is 0 Å². The minimum absolute atomic E-state index is 0.598. The number of hydrogen-bond donors (Lipinski definition) is 1. The Hall–Kier alpha value is -1.38. The molecular weight excluding hydrogens is 162 g/mol. The van der Waals surface area contributed by atoms with Gasteiger partial charge in [0.25, 0.3) is 0 Å². The highest BCUT2D eigenvalue weighted by Gasteiger charge is 2.15. The van der Waals surface area contributed by atoms with Gasteiger partial charge in [-0.1, -0.05) is 13.0 Å². The van der Waals surface area contributed by atoms with E-state index in [2.05, 4.69) is 23.0 Å². The van der Waals surface area contributed by atoms with E-state index in [9.17, 15) is 0 Å². The lowest BCUT2D eigenvalue weighted by Gasteiger charge is -2.17. The van der Waals surface area contributed by atoms with Crippen LogP contribution in [0.4, 0.5) is 5.82 Å². The average molecular weight is 175 g/mol. The van der Waals surface area contributed by atoms with Crippen molar-refractivity contribution in [2.45, 2.75) is 19.8 Å². The number of allylic oxidation sites excluding steroid dienone is 1. The second-order valence-electron chi connectivity index (χ2n) is 3.35. The maximum absolute atomic E-state index is 5.77. The predicted octanol–water partition coefficient (Wildman–Crippen LogP) is 1.65. The normalized spacial score (nSPS) is 19.9. The molecule has 0 fully saturated rings. The molecule has 1 aromatic heterocycles. The fraction of sp³-hybridized carbons (Fsp3) is 0.400. The first-order valence-corrected chi connectivity index (χ1v) is 4.58. The van der Waals surface area contributed by atoms with E-state index in [1.165, 1.54) is 6.33 Å². The highest BCUT2D eigenvalue weighted by Crippen LogP contribution is 2.25. The summed E-state index contributed by atoms with van der Waals surface area (Å²) >= 11 is 0. The fourth-order valence-electron chi connectivity index (χ4n) is 1.63. The molecule has 2 N–H and O–H groups in total. The van der Waals surface area contributed by atoms with Gasteiger partial charge < -0.3 is 5.73 Å². The van der Waals surface area contributed by atoms with Crippen LogP contribution in [0.1, 0.15) is 24.6 Å². The van der Waals surface area contributed by atoms with Crippen molar-refractivity contribution in [3.8, 4) is 0 Å². The van der Waals surface area contributed by atoms with Gasteiger partial charge in [0.2, 0.25) is 0 Å². The maximum atomic E-state index is 5.77. The van der Waals surface area contributed by atoms with Gasteiger partial charge in [-0.25, -0.2) is 9.97 Å². The van der Waals surface area contributed by atoms with Crippen LogP contribution >= 0.6 is 0 Å². The third kappa shape index (κ3) is 1.41. The van der Waals surface area contributed by atoms with E-state index < -0.39 is 0 Å². The van der Waals surface area contributed by atoms with E-state index in [1.807, 2.05) is 6.08 Å². The molecular formula is C10H13N3. The van der Waals surface area contributed by atoms with Crippen molar-refractivity contribution >= 4 is 11.9 Å². The quantitative estimate of drug-likeness (QED) is 0.706. The van der Waals surface area contributed by atoms with Gasteiger partial charge in [0.05, 0.1) is 5.69 Å². The number of hydrogen-bond acceptors (Lipinski definition) is 3. The van der Waals surface area contributed by atoms with E-state index in [4.69, 9.17) is 5.73 Å². The first-order chi connectivity index (χ1) is 6.31. The highest BCUT2D eigenvalue weighted by atomic mass is 14.9. The molecule has 2 rings (SSSR count). The van der Waals surface area contributed by atoms with Gasteiger partial charge in [0.15, 0.2) is 0 Å². The minimum atomic E-state index is 0.598. The Labute approximate surface area is 77.7 Å². The summed E-state index contributed by atoms with van der Waals surface area (Å²) in [5, 5.41) is 0. The van der Waals surface area contributed by atoms with E-state index >= 15 is 0 Å². The Bertz CT molecular complexity index is 344. The molecule has 1 aromatic rings. The Morgan fingerprint density at radius 3 is 3.15 bits per heavy atom. The highest BCUT2D eigenvalue weighted by molar-refractivity contribution is 5.58. The molecule has 1 atom stereocenters. The van der Waals surface area contributed by atoms with Crippen molar-refractivity contribution in [1.29, 1.82) is 0 Å². The topological polar surface area (TPSA) is 51.8 Å². The lowest BCUT2D eigenvalue weighted by Crippen LogP contribution is -2.11. The van der Waals surface area contributed by atoms with Crippen LogP contribution in [-0.4, -0.2) is 9.97 Å². The molecule has 1 unspecified atom stereocenters. The number of nitrogens with two attached hydrogens (primary N) is 1. The Kier molecular flexibility index (Phi) is 2.00. The van der Waals surface area contributed by atoms with Crippen molar-refractivity contribution in [2.75, 3.05) is 5.73 Å². The summed E-state index contributed by atoms with van der Waals surface area (Å²) < 4.78 is 0. The number of nitrogens with zero attached hydrogens (tertiary/aromatic N) is 2. The van der Waals surface area contributed by atoms with Gasteiger partial charge in [-0.05, 0) is 24.8 Å². The molecule has 1 aliphatic rings. The standard InChI is InChI=1S/C10H13N3/c1-2-7-3-4-9-8(5-7)10(11)13-6-12-9/h3-4,6-7H,2,5H2,1H3,(H2,11,12,13). The molecule has 3 heteroatoms. The van der Waals surface area contributed by atoms with Crippen LogP contribution in [0.15, 0.2) is 12.4 Å². The van der Waals surface area contributed by atoms with Crippen molar-refractivity contribution in [3.05, 3.63) is 23.7 Å². The van der Waals surface area contributed by atoms with Gasteiger partial charge >= 0.3 is 0 Å². The summed E-state index contributed by atoms with van der Waals surface area (Å²) in [5.41, 5.74) is 7.86. The first kappa shape index (κ1) is 8.23. The van der Waals surface area contributed by atoms with Gasteiger partial charge in [0, 0.05) is 5.56 Å². The van der Waals surface area contributed by atoms with Crippen molar-refractivity contribution in [1.82, 2.24) is 9.97 Å². The summed E-state index contributed by atoms with van der Waals surface area (Å²) in [6, 6.07) is 0. The molecule has 0 spiro atoms. The molecule has 68 valence electrons. The lowest BCUT2D eigenvalue weighted by molar-refractivity contribution is 0.617. The van der Waals surface area contributed by atoms with Crippen LogP contribution in [0.3, 0.4) is 0 Å². The predicted molar refractivity (Wildman–Crippen MR) is 53.0 cm³/mol. The zero-order chi connectivity index (χ0) is 9.26. The van der Waals surface area contributed by atoms with E-state index in [0.29, 0.717) is 11.7 Å². The van der Waals surface area contributed by atoms with Gasteiger partial charge in [-0.2, -0.15) is 0 Å². The molecule has 0 saturated carbocycles. The summed E-state index contributed by atoms with van der Waals surface area (Å²) in [4.78, 5) is 8.16. The number of fused-ring (bicyclic) bond motifs is 1. The molecule has 0 aromatic carbocycles. The molecule has 0 amide bonds. The second kappa shape index (κ2) is 3.17. The minimum Gasteiger partial charge on any atom is -0.383 e. The largest absolute Gasteiger partial charge is 0.383 e. The molecule has 1 heterocycles. The Morgan fingerprint density at radius 1 is 1.54 bits per heavy atom. The third-order valence-electron chi connectivity index (χ3n) is 2.53. The molecule has 0 bridgehead atoms. The zero-order valence-corrected chi connectivity index (χ0v) is 7.70. The Morgan fingerprint density at radius 2 is 2.38 bits per heavy atom. The van der Waals surface area contributed by atoms with E-state index in [0.717, 1.165) is 24.1 Å². The first-order valence-electron chi connectivity index (χ1n) is 4.58. The molecule has 0 radical (unpaired) electrons. The monoisotopic (exact) mass is 175 g/mol. The van der Waals surface area contributed by atoms with Crippen LogP contribution < -0.4 is 5.73 Å². The summed E-state index contributed by atoms with van der Waals surface area (Å²) in [6.07, 6.45) is 7.89. The van der Waals surface area contributed by atoms with E-state index in [-0.39, 0.29) is 0 Å². The van der Waals surface area contributed by atoms with Crippen molar-refractivity contribution < 1.29 is 0 Å². The third-order valence-corrected chi connectivity index (χ3v) is 2.53. The second-order valence-corrected chi connectivity index (χ2v) is 3.35. The number of nitrogen functional groups attached to an aromatic ring is 1. The van der Waals surface area contributed by atoms with Crippen molar-refractivity contribution in [2.24, 2.45) is 5.92 Å². The van der Waals surface area contributed by atoms with Crippen LogP contribution in [0, 0.1) is 5.92 Å². The molecule has 3 nitrogen and oxygen atoms in total. The molecule has 13 heavy (non-hydrogen) atoms. The smallest absolute Gasteiger partial charge is 0.130 e.